The Kier molecular flexibility index (Phi) is 16.2. The van der Waals surface area contributed by atoms with E-state index in [1.165, 1.54) is 0 Å². The van der Waals surface area contributed by atoms with Gasteiger partial charge in [0, 0.05) is 33.3 Å². The van der Waals surface area contributed by atoms with Gasteiger partial charge in [0.05, 0.1) is 0 Å². The molecule has 0 aromatic heterocycles. The summed E-state index contributed by atoms with van der Waals surface area (Å²) in [6.45, 7) is 4.10. The maximum absolute atomic E-state index is 8.63. The van der Waals surface area contributed by atoms with Gasteiger partial charge in [0.25, 0.3) is 0 Å². The molecule has 38 heavy (non-hydrogen) atoms. The van der Waals surface area contributed by atoms with Crippen molar-refractivity contribution in [3.05, 3.63) is 121 Å². The van der Waals surface area contributed by atoms with Crippen molar-refractivity contribution in [2.24, 2.45) is 0 Å². The van der Waals surface area contributed by atoms with Crippen molar-refractivity contribution in [3.63, 3.8) is 0 Å². The number of aromatic hydroxyl groups is 2. The van der Waals surface area contributed by atoms with E-state index in [0.717, 1.165) is 44.8 Å². The van der Waals surface area contributed by atoms with E-state index in [-0.39, 0.29) is 0 Å². The Labute approximate surface area is 229 Å². The lowest BCUT2D eigenvalue weighted by Gasteiger charge is -2.32. The average molecular weight is 555 g/mol. The van der Waals surface area contributed by atoms with Crippen LogP contribution in [-0.2, 0) is 0 Å². The van der Waals surface area contributed by atoms with Crippen LogP contribution in [0.3, 0.4) is 0 Å². The van der Waals surface area contributed by atoms with Crippen LogP contribution >= 0.6 is 17.9 Å². The van der Waals surface area contributed by atoms with Gasteiger partial charge >= 0.3 is 0 Å². The molecule has 4 aromatic rings. The van der Waals surface area contributed by atoms with Crippen LogP contribution in [0, 0.1) is 0 Å². The first-order chi connectivity index (χ1) is 18.7. The maximum Gasteiger partial charge on any atom is 0.149 e. The predicted molar refractivity (Wildman–Crippen MR) is 158 cm³/mol. The molecule has 2 unspecified atom stereocenters. The Morgan fingerprint density at radius 2 is 0.737 bits per heavy atom. The molecule has 0 spiro atoms. The van der Waals surface area contributed by atoms with Crippen molar-refractivity contribution in [2.75, 3.05) is 33.3 Å². The highest BCUT2D eigenvalue weighted by Gasteiger charge is 2.18. The van der Waals surface area contributed by atoms with Gasteiger partial charge < -0.3 is 24.4 Å². The highest BCUT2D eigenvalue weighted by molar-refractivity contribution is 7.30. The normalized spacial score (nSPS) is 13.4. The van der Waals surface area contributed by atoms with Gasteiger partial charge in [-0.2, -0.15) is 0 Å². The smallest absolute Gasteiger partial charge is 0.149 e. The third-order valence-corrected chi connectivity index (χ3v) is 6.93. The molecule has 5 rings (SSSR count). The number of aliphatic hydroxyl groups is 1. The lowest BCUT2D eigenvalue weighted by molar-refractivity contribution is 0.280. The fourth-order valence-electron chi connectivity index (χ4n) is 2.96. The van der Waals surface area contributed by atoms with E-state index in [0.29, 0.717) is 29.4 Å². The molecule has 1 aliphatic rings. The molecule has 3 N–H and O–H groups in total. The molecule has 1 heterocycles. The van der Waals surface area contributed by atoms with E-state index < -0.39 is 0 Å². The van der Waals surface area contributed by atoms with Crippen LogP contribution in [0.25, 0.3) is 0 Å². The summed E-state index contributed by atoms with van der Waals surface area (Å²) in [5.74, 6) is 2.53. The molecule has 1 fully saturated rings. The van der Waals surface area contributed by atoms with E-state index in [9.17, 15) is 0 Å². The molecule has 7 nitrogen and oxygen atoms in total. The SMILES string of the molecule is CO.Oc1ccccc1.Oc1ccccc1.c1ccc(OPN2CCN(POc3ccccc3)CC2)cc1. The van der Waals surface area contributed by atoms with E-state index >= 15 is 0 Å². The summed E-state index contributed by atoms with van der Waals surface area (Å²) < 4.78 is 16.3. The second-order valence-corrected chi connectivity index (χ2v) is 9.70. The summed E-state index contributed by atoms with van der Waals surface area (Å²) in [4.78, 5) is 0. The largest absolute Gasteiger partial charge is 0.508 e. The third kappa shape index (κ3) is 13.9. The van der Waals surface area contributed by atoms with Crippen LogP contribution in [0.2, 0.25) is 0 Å². The summed E-state index contributed by atoms with van der Waals surface area (Å²) in [5.41, 5.74) is 0. The van der Waals surface area contributed by atoms with Crippen molar-refractivity contribution >= 4 is 17.9 Å². The average Bonchev–Trinajstić information content (AvgIpc) is 2.99. The fourth-order valence-corrected chi connectivity index (χ4v) is 4.46. The van der Waals surface area contributed by atoms with Crippen LogP contribution in [-0.4, -0.2) is 57.9 Å². The number of phenols is 2. The standard InChI is InChI=1S/C16H20N2O2P2.2C6H6O.CH4O/c1-3-7-15(8-4-1)19-21-17-11-13-18(14-12-17)22-20-16-9-5-2-6-10-16;2*7-6-4-2-1-3-5-6;1-2/h1-10,21-22H,11-14H2;2*1-5,7H;2H,1H3. The van der Waals surface area contributed by atoms with Crippen LogP contribution in [0.5, 0.6) is 23.0 Å². The van der Waals surface area contributed by atoms with Gasteiger partial charge in [0.1, 0.15) is 40.9 Å². The lowest BCUT2D eigenvalue weighted by atomic mass is 10.3. The molecule has 1 aliphatic heterocycles. The molecule has 4 aromatic carbocycles. The second-order valence-electron chi connectivity index (χ2n) is 7.66. The highest BCUT2D eigenvalue weighted by Crippen LogP contribution is 2.29. The summed E-state index contributed by atoms with van der Waals surface area (Å²) >= 11 is 0. The Hall–Kier alpha value is -3.18. The zero-order chi connectivity index (χ0) is 27.3. The molecule has 0 aliphatic carbocycles. The second kappa shape index (κ2) is 19.9. The first kappa shape index (κ1) is 31.0. The Morgan fingerprint density at radius 1 is 0.474 bits per heavy atom. The fraction of sp³-hybridized carbons (Fsp3) is 0.172. The van der Waals surface area contributed by atoms with Gasteiger partial charge in [0.15, 0.2) is 0 Å². The monoisotopic (exact) mass is 554 g/mol. The van der Waals surface area contributed by atoms with Crippen molar-refractivity contribution in [2.45, 2.75) is 0 Å². The van der Waals surface area contributed by atoms with Crippen molar-refractivity contribution in [3.8, 4) is 23.0 Å². The van der Waals surface area contributed by atoms with E-state index in [2.05, 4.69) is 9.34 Å². The zero-order valence-corrected chi connectivity index (χ0v) is 23.4. The molecule has 9 heteroatoms. The summed E-state index contributed by atoms with van der Waals surface area (Å²) in [6.07, 6.45) is 0. The lowest BCUT2D eigenvalue weighted by Crippen LogP contribution is -2.39. The van der Waals surface area contributed by atoms with Crippen LogP contribution in [0.1, 0.15) is 0 Å². The Balaban J connectivity index is 0.000000257. The molecule has 2 atom stereocenters. The van der Waals surface area contributed by atoms with E-state index in [1.54, 1.807) is 48.5 Å². The zero-order valence-electron chi connectivity index (χ0n) is 21.4. The molecule has 0 bridgehead atoms. The number of piperazine rings is 1. The number of phenolic OH excluding ortho intramolecular Hbond substituents is 2. The molecule has 1 saturated heterocycles. The first-order valence-electron chi connectivity index (χ1n) is 12.1. The minimum atomic E-state index is 0.322. The van der Waals surface area contributed by atoms with Crippen LogP contribution in [0.15, 0.2) is 121 Å². The number of nitrogens with zero attached hydrogens (tertiary/aromatic N) is 2. The van der Waals surface area contributed by atoms with Gasteiger partial charge in [-0.3, -0.25) is 9.34 Å². The van der Waals surface area contributed by atoms with Gasteiger partial charge in [-0.25, -0.2) is 0 Å². The molecular formula is C29H36N2O5P2. The minimum Gasteiger partial charge on any atom is -0.508 e. The molecule has 202 valence electrons. The van der Waals surface area contributed by atoms with Crippen molar-refractivity contribution in [1.82, 2.24) is 9.34 Å². The maximum atomic E-state index is 8.63. The summed E-state index contributed by atoms with van der Waals surface area (Å²) in [6, 6.07) is 37.4. The molecule has 0 radical (unpaired) electrons. The van der Waals surface area contributed by atoms with Gasteiger partial charge in [0.2, 0.25) is 0 Å². The van der Waals surface area contributed by atoms with Crippen LogP contribution < -0.4 is 9.05 Å². The third-order valence-electron chi connectivity index (χ3n) is 4.86. The predicted octanol–water partition coefficient (Wildman–Crippen LogP) is 6.17. The Morgan fingerprint density at radius 3 is 0.974 bits per heavy atom. The van der Waals surface area contributed by atoms with Crippen molar-refractivity contribution < 1.29 is 24.4 Å². The number of benzene rings is 4. The van der Waals surface area contributed by atoms with Gasteiger partial charge in [-0.05, 0) is 48.5 Å². The molecule has 0 amide bonds. The minimum absolute atomic E-state index is 0.322. The number of hydrogen-bond acceptors (Lipinski definition) is 7. The first-order valence-corrected chi connectivity index (χ1v) is 13.8. The Bertz CT molecular complexity index is 984. The molecule has 0 saturated carbocycles. The number of aliphatic hydroxyl groups excluding tert-OH is 1. The van der Waals surface area contributed by atoms with Gasteiger partial charge in [-0.1, -0.05) is 72.8 Å². The van der Waals surface area contributed by atoms with Gasteiger partial charge in [-0.15, -0.1) is 0 Å². The van der Waals surface area contributed by atoms with E-state index in [4.69, 9.17) is 24.4 Å². The van der Waals surface area contributed by atoms with E-state index in [1.807, 2.05) is 72.8 Å². The topological polar surface area (TPSA) is 85.6 Å². The number of rotatable bonds is 6. The highest BCUT2D eigenvalue weighted by atomic mass is 31.1. The van der Waals surface area contributed by atoms with Crippen molar-refractivity contribution in [1.29, 1.82) is 0 Å². The molecular weight excluding hydrogens is 518 g/mol. The quantitative estimate of drug-likeness (QED) is 0.246. The summed E-state index contributed by atoms with van der Waals surface area (Å²) in [5, 5.41) is 24.3. The number of hydrogen-bond donors (Lipinski definition) is 3. The summed E-state index contributed by atoms with van der Waals surface area (Å²) in [7, 11) is 1.78. The van der Waals surface area contributed by atoms with Crippen LogP contribution in [0.4, 0.5) is 0 Å². The number of para-hydroxylation sites is 4.